The minimum absolute atomic E-state index is 0.0986. The first-order valence-electron chi connectivity index (χ1n) is 8.99. The second-order valence-electron chi connectivity index (χ2n) is 7.90. The number of hydrogen-bond acceptors (Lipinski definition) is 2. The van der Waals surface area contributed by atoms with Crippen molar-refractivity contribution < 1.29 is 4.74 Å². The Morgan fingerprint density at radius 2 is 2.00 bits per heavy atom. The largest absolute Gasteiger partial charge is 0.383 e. The van der Waals surface area contributed by atoms with Crippen LogP contribution >= 0.6 is 11.6 Å². The first-order valence-corrected chi connectivity index (χ1v) is 9.37. The Kier molecular flexibility index (Phi) is 6.91. The topological polar surface area (TPSA) is 12.5 Å². The summed E-state index contributed by atoms with van der Waals surface area (Å²) < 4.78 is 5.46. The summed E-state index contributed by atoms with van der Waals surface area (Å²) >= 11 is 6.06. The van der Waals surface area contributed by atoms with Crippen LogP contribution < -0.4 is 0 Å². The predicted molar refractivity (Wildman–Crippen MR) is 104 cm³/mol. The van der Waals surface area contributed by atoms with Gasteiger partial charge in [-0.05, 0) is 62.8 Å². The molecule has 1 aromatic rings. The predicted octanol–water partition coefficient (Wildman–Crippen LogP) is 5.45. The normalized spacial score (nSPS) is 20.2. The van der Waals surface area contributed by atoms with E-state index < -0.39 is 0 Å². The van der Waals surface area contributed by atoms with Gasteiger partial charge in [0, 0.05) is 24.2 Å². The van der Waals surface area contributed by atoms with Crippen LogP contribution in [0, 0.1) is 0 Å². The van der Waals surface area contributed by atoms with E-state index in [9.17, 15) is 0 Å². The zero-order valence-corrected chi connectivity index (χ0v) is 16.6. The molecule has 24 heavy (non-hydrogen) atoms. The standard InChI is InChI=1S/C21H32ClNO/c1-16(2)13-20(23-12-6-7-19(23)15-24-5)14-21(3,4)17-8-10-18(22)11-9-17/h8-11,13,19-20H,6-7,12,14-15H2,1-5H3/t19-,20+/m1/s1. The Bertz CT molecular complexity index is 545. The van der Waals surface area contributed by atoms with E-state index in [4.69, 9.17) is 16.3 Å². The molecule has 134 valence electrons. The molecule has 0 aliphatic carbocycles. The average Bonchev–Trinajstić information content (AvgIpc) is 2.95. The molecule has 2 rings (SSSR count). The monoisotopic (exact) mass is 349 g/mol. The van der Waals surface area contributed by atoms with Gasteiger partial charge in [0.2, 0.25) is 0 Å². The Hall–Kier alpha value is -0.830. The van der Waals surface area contributed by atoms with E-state index in [-0.39, 0.29) is 5.41 Å². The van der Waals surface area contributed by atoms with Crippen LogP contribution in [0.3, 0.4) is 0 Å². The summed E-state index contributed by atoms with van der Waals surface area (Å²) in [7, 11) is 1.81. The van der Waals surface area contributed by atoms with Gasteiger partial charge in [0.1, 0.15) is 0 Å². The lowest BCUT2D eigenvalue weighted by Gasteiger charge is -2.37. The number of nitrogens with zero attached hydrogens (tertiary/aromatic N) is 1. The molecule has 2 nitrogen and oxygen atoms in total. The van der Waals surface area contributed by atoms with E-state index in [1.807, 2.05) is 19.2 Å². The molecular weight excluding hydrogens is 318 g/mol. The van der Waals surface area contributed by atoms with Crippen LogP contribution in [0.2, 0.25) is 5.02 Å². The summed E-state index contributed by atoms with van der Waals surface area (Å²) in [6.45, 7) is 11.1. The van der Waals surface area contributed by atoms with E-state index in [1.54, 1.807) is 0 Å². The zero-order chi connectivity index (χ0) is 17.7. The quantitative estimate of drug-likeness (QED) is 0.606. The van der Waals surface area contributed by atoms with Gasteiger partial charge in [0.25, 0.3) is 0 Å². The lowest BCUT2D eigenvalue weighted by Crippen LogP contribution is -2.43. The van der Waals surface area contributed by atoms with Crippen molar-refractivity contribution in [3.63, 3.8) is 0 Å². The van der Waals surface area contributed by atoms with E-state index in [0.29, 0.717) is 12.1 Å². The first-order chi connectivity index (χ1) is 11.3. The molecule has 1 heterocycles. The third-order valence-corrected chi connectivity index (χ3v) is 5.33. The summed E-state index contributed by atoms with van der Waals surface area (Å²) in [6, 6.07) is 9.31. The zero-order valence-electron chi connectivity index (χ0n) is 15.8. The van der Waals surface area contributed by atoms with Crippen LogP contribution in [0.5, 0.6) is 0 Å². The van der Waals surface area contributed by atoms with Gasteiger partial charge in [0.05, 0.1) is 6.61 Å². The maximum atomic E-state index is 6.06. The molecule has 1 aliphatic heterocycles. The highest BCUT2D eigenvalue weighted by molar-refractivity contribution is 6.30. The molecule has 0 bridgehead atoms. The number of allylic oxidation sites excluding steroid dienone is 1. The van der Waals surface area contributed by atoms with Gasteiger partial charge in [-0.15, -0.1) is 0 Å². The molecule has 0 N–H and O–H groups in total. The molecule has 0 unspecified atom stereocenters. The molecule has 1 saturated heterocycles. The summed E-state index contributed by atoms with van der Waals surface area (Å²) in [5, 5.41) is 0.801. The minimum Gasteiger partial charge on any atom is -0.383 e. The van der Waals surface area contributed by atoms with Crippen LogP contribution in [0.25, 0.3) is 0 Å². The van der Waals surface area contributed by atoms with Crippen LogP contribution in [0.4, 0.5) is 0 Å². The van der Waals surface area contributed by atoms with Crippen molar-refractivity contribution in [2.75, 3.05) is 20.3 Å². The fraction of sp³-hybridized carbons (Fsp3) is 0.619. The van der Waals surface area contributed by atoms with Crippen molar-refractivity contribution in [3.05, 3.63) is 46.5 Å². The summed E-state index contributed by atoms with van der Waals surface area (Å²) in [5.41, 5.74) is 2.83. The number of rotatable bonds is 7. The number of halogens is 1. The van der Waals surface area contributed by atoms with Crippen molar-refractivity contribution in [2.24, 2.45) is 0 Å². The van der Waals surface area contributed by atoms with Gasteiger partial charge in [-0.25, -0.2) is 0 Å². The smallest absolute Gasteiger partial charge is 0.0618 e. The lowest BCUT2D eigenvalue weighted by molar-refractivity contribution is 0.0925. The van der Waals surface area contributed by atoms with Crippen LogP contribution in [0.15, 0.2) is 35.9 Å². The highest BCUT2D eigenvalue weighted by Crippen LogP contribution is 2.34. The lowest BCUT2D eigenvalue weighted by atomic mass is 9.78. The number of likely N-dealkylation sites (tertiary alicyclic amines) is 1. The molecule has 0 radical (unpaired) electrons. The Morgan fingerprint density at radius 3 is 2.58 bits per heavy atom. The Morgan fingerprint density at radius 1 is 1.33 bits per heavy atom. The number of methoxy groups -OCH3 is 1. The third kappa shape index (κ3) is 5.08. The first kappa shape index (κ1) is 19.5. The molecular formula is C21H32ClNO. The second-order valence-corrected chi connectivity index (χ2v) is 8.33. The highest BCUT2D eigenvalue weighted by Gasteiger charge is 2.33. The number of ether oxygens (including phenoxy) is 1. The molecule has 1 aromatic carbocycles. The van der Waals surface area contributed by atoms with Crippen molar-refractivity contribution >= 4 is 11.6 Å². The number of hydrogen-bond donors (Lipinski definition) is 0. The van der Waals surface area contributed by atoms with Gasteiger partial charge < -0.3 is 4.74 Å². The van der Waals surface area contributed by atoms with E-state index >= 15 is 0 Å². The van der Waals surface area contributed by atoms with Crippen LogP contribution in [-0.4, -0.2) is 37.2 Å². The number of benzene rings is 1. The maximum absolute atomic E-state index is 6.06. The molecule has 0 spiro atoms. The highest BCUT2D eigenvalue weighted by atomic mass is 35.5. The Balaban J connectivity index is 2.21. The van der Waals surface area contributed by atoms with Gasteiger partial charge in [-0.3, -0.25) is 4.90 Å². The van der Waals surface area contributed by atoms with Gasteiger partial charge in [-0.1, -0.05) is 49.2 Å². The second kappa shape index (κ2) is 8.51. The molecule has 1 aliphatic rings. The average molecular weight is 350 g/mol. The van der Waals surface area contributed by atoms with E-state index in [2.05, 4.69) is 50.8 Å². The molecule has 0 amide bonds. The van der Waals surface area contributed by atoms with Crippen molar-refractivity contribution in [2.45, 2.75) is 64.5 Å². The fourth-order valence-electron chi connectivity index (χ4n) is 3.86. The van der Waals surface area contributed by atoms with Crippen molar-refractivity contribution in [1.82, 2.24) is 4.90 Å². The van der Waals surface area contributed by atoms with E-state index in [1.165, 1.54) is 30.5 Å². The molecule has 0 aromatic heterocycles. The summed E-state index contributed by atoms with van der Waals surface area (Å²) in [6.07, 6.45) is 6.04. The molecule has 0 saturated carbocycles. The maximum Gasteiger partial charge on any atom is 0.0618 e. The minimum atomic E-state index is 0.0986. The van der Waals surface area contributed by atoms with Gasteiger partial charge >= 0.3 is 0 Å². The summed E-state index contributed by atoms with van der Waals surface area (Å²) in [4.78, 5) is 2.65. The molecule has 2 atom stereocenters. The third-order valence-electron chi connectivity index (χ3n) is 5.08. The molecule has 1 fully saturated rings. The van der Waals surface area contributed by atoms with E-state index in [0.717, 1.165) is 18.1 Å². The molecule has 3 heteroatoms. The SMILES string of the molecule is COC[C@H]1CCCN1[C@@H](C=C(C)C)CC(C)(C)c1ccc(Cl)cc1. The van der Waals surface area contributed by atoms with Crippen LogP contribution in [0.1, 0.15) is 52.5 Å². The van der Waals surface area contributed by atoms with Crippen molar-refractivity contribution in [3.8, 4) is 0 Å². The van der Waals surface area contributed by atoms with Crippen molar-refractivity contribution in [1.29, 1.82) is 0 Å². The summed E-state index contributed by atoms with van der Waals surface area (Å²) in [5.74, 6) is 0. The Labute approximate surface area is 152 Å². The fourth-order valence-corrected chi connectivity index (χ4v) is 3.99. The van der Waals surface area contributed by atoms with Crippen LogP contribution in [-0.2, 0) is 10.2 Å². The van der Waals surface area contributed by atoms with Gasteiger partial charge in [0.15, 0.2) is 0 Å². The van der Waals surface area contributed by atoms with Gasteiger partial charge in [-0.2, -0.15) is 0 Å².